The molecule has 2 aromatic carbocycles. The summed E-state index contributed by atoms with van der Waals surface area (Å²) in [5, 5.41) is 9.77. The molecule has 0 saturated heterocycles. The van der Waals surface area contributed by atoms with Gasteiger partial charge in [-0.05, 0) is 25.1 Å². The van der Waals surface area contributed by atoms with Crippen molar-refractivity contribution in [3.05, 3.63) is 59.4 Å². The van der Waals surface area contributed by atoms with Gasteiger partial charge in [0, 0.05) is 11.5 Å². The molecular weight excluding hydrogens is 334 g/mol. The second-order valence-electron chi connectivity index (χ2n) is 5.39. The number of methoxy groups -OCH3 is 1. The lowest BCUT2D eigenvalue weighted by atomic mass is 10.1. The smallest absolute Gasteiger partial charge is 0.374 e. The number of nitrogens with zero attached hydrogens (tertiary/aromatic N) is 1. The minimum atomic E-state index is -0.533. The number of carbonyl (C=O) groups is 1. The fraction of sp³-hybridized carbons (Fsp3) is 0.200. The maximum absolute atomic E-state index is 12.2. The van der Waals surface area contributed by atoms with Crippen LogP contribution in [0.2, 0.25) is 0 Å². The first kappa shape index (κ1) is 17.4. The largest absolute Gasteiger partial charge is 0.493 e. The molecule has 3 aromatic rings. The number of hydrogen-bond acceptors (Lipinski definition) is 6. The van der Waals surface area contributed by atoms with Crippen LogP contribution in [0.5, 0.6) is 11.5 Å². The summed E-state index contributed by atoms with van der Waals surface area (Å²) in [5.74, 6) is 0.496. The van der Waals surface area contributed by atoms with Gasteiger partial charge in [0.05, 0.1) is 30.9 Å². The van der Waals surface area contributed by atoms with Crippen LogP contribution in [0, 0.1) is 11.3 Å². The van der Waals surface area contributed by atoms with Crippen molar-refractivity contribution in [1.29, 1.82) is 5.26 Å². The standard InChI is InChI=1S/C20H17NO5/c1-3-24-20(22)19-15(14-6-4-5-7-16(14)26-19)12-25-17-9-8-13(11-21)10-18(17)23-2/h4-10H,3,12H2,1-2H3. The van der Waals surface area contributed by atoms with Crippen molar-refractivity contribution in [3.63, 3.8) is 0 Å². The highest BCUT2D eigenvalue weighted by molar-refractivity contribution is 5.96. The lowest BCUT2D eigenvalue weighted by molar-refractivity contribution is 0.0488. The molecule has 0 saturated carbocycles. The van der Waals surface area contributed by atoms with Crippen molar-refractivity contribution >= 4 is 16.9 Å². The lowest BCUT2D eigenvalue weighted by Crippen LogP contribution is -2.08. The van der Waals surface area contributed by atoms with Crippen LogP contribution in [0.1, 0.15) is 28.6 Å². The van der Waals surface area contributed by atoms with Gasteiger partial charge in [0.25, 0.3) is 0 Å². The van der Waals surface area contributed by atoms with E-state index in [0.717, 1.165) is 5.39 Å². The monoisotopic (exact) mass is 351 g/mol. The average Bonchev–Trinajstić information content (AvgIpc) is 3.05. The maximum Gasteiger partial charge on any atom is 0.374 e. The normalized spacial score (nSPS) is 10.3. The number of furan rings is 1. The molecule has 0 amide bonds. The molecule has 0 aliphatic rings. The van der Waals surface area contributed by atoms with E-state index >= 15 is 0 Å². The highest BCUT2D eigenvalue weighted by Crippen LogP contribution is 2.31. The average molecular weight is 351 g/mol. The van der Waals surface area contributed by atoms with Crippen LogP contribution >= 0.6 is 0 Å². The van der Waals surface area contributed by atoms with Crippen molar-refractivity contribution in [3.8, 4) is 17.6 Å². The van der Waals surface area contributed by atoms with Gasteiger partial charge in [0.15, 0.2) is 11.5 Å². The lowest BCUT2D eigenvalue weighted by Gasteiger charge is -2.11. The van der Waals surface area contributed by atoms with Gasteiger partial charge in [0.2, 0.25) is 5.76 Å². The van der Waals surface area contributed by atoms with E-state index in [1.807, 2.05) is 24.3 Å². The van der Waals surface area contributed by atoms with Gasteiger partial charge in [-0.3, -0.25) is 0 Å². The van der Waals surface area contributed by atoms with Gasteiger partial charge in [-0.25, -0.2) is 4.79 Å². The summed E-state index contributed by atoms with van der Waals surface area (Å²) in [7, 11) is 1.50. The predicted octanol–water partition coefficient (Wildman–Crippen LogP) is 4.07. The van der Waals surface area contributed by atoms with E-state index in [-0.39, 0.29) is 19.0 Å². The molecule has 0 spiro atoms. The van der Waals surface area contributed by atoms with Crippen molar-refractivity contribution < 1.29 is 23.4 Å². The van der Waals surface area contributed by atoms with Gasteiger partial charge in [0.1, 0.15) is 12.2 Å². The topological polar surface area (TPSA) is 81.7 Å². The Morgan fingerprint density at radius 1 is 1.19 bits per heavy atom. The van der Waals surface area contributed by atoms with Crippen LogP contribution in [0.25, 0.3) is 11.0 Å². The quantitative estimate of drug-likeness (QED) is 0.623. The van der Waals surface area contributed by atoms with Crippen LogP contribution in [0.3, 0.4) is 0 Å². The van der Waals surface area contributed by atoms with E-state index in [1.54, 1.807) is 31.2 Å². The van der Waals surface area contributed by atoms with Crippen LogP contribution in [0.15, 0.2) is 46.9 Å². The van der Waals surface area contributed by atoms with Crippen molar-refractivity contribution in [1.82, 2.24) is 0 Å². The van der Waals surface area contributed by atoms with E-state index in [4.69, 9.17) is 23.9 Å². The Bertz CT molecular complexity index is 984. The molecule has 0 aliphatic heterocycles. The third-order valence-electron chi connectivity index (χ3n) is 3.82. The number of rotatable bonds is 6. The molecular formula is C20H17NO5. The SMILES string of the molecule is CCOC(=O)c1oc2ccccc2c1COc1ccc(C#N)cc1OC. The summed E-state index contributed by atoms with van der Waals surface area (Å²) < 4.78 is 21.9. The molecule has 6 heteroatoms. The number of carbonyl (C=O) groups excluding carboxylic acids is 1. The Hall–Kier alpha value is -3.46. The fourth-order valence-corrected chi connectivity index (χ4v) is 2.61. The van der Waals surface area contributed by atoms with Crippen molar-refractivity contribution in [2.24, 2.45) is 0 Å². The minimum absolute atomic E-state index is 0.0907. The van der Waals surface area contributed by atoms with E-state index in [0.29, 0.717) is 28.2 Å². The number of esters is 1. The third-order valence-corrected chi connectivity index (χ3v) is 3.82. The Kier molecular flexibility index (Phi) is 5.09. The number of para-hydroxylation sites is 1. The summed E-state index contributed by atoms with van der Waals surface area (Å²) in [6.45, 7) is 2.07. The van der Waals surface area contributed by atoms with Crippen molar-refractivity contribution in [2.75, 3.05) is 13.7 Å². The van der Waals surface area contributed by atoms with E-state index < -0.39 is 5.97 Å². The summed E-state index contributed by atoms with van der Waals surface area (Å²) in [6.07, 6.45) is 0. The molecule has 1 aromatic heterocycles. The van der Waals surface area contributed by atoms with Gasteiger partial charge < -0.3 is 18.6 Å². The molecule has 26 heavy (non-hydrogen) atoms. The zero-order valence-electron chi connectivity index (χ0n) is 14.4. The van der Waals surface area contributed by atoms with Gasteiger partial charge in [-0.1, -0.05) is 18.2 Å². The zero-order valence-corrected chi connectivity index (χ0v) is 14.4. The Morgan fingerprint density at radius 3 is 2.73 bits per heavy atom. The third kappa shape index (κ3) is 3.33. The highest BCUT2D eigenvalue weighted by atomic mass is 16.5. The highest BCUT2D eigenvalue weighted by Gasteiger charge is 2.22. The first-order valence-electron chi connectivity index (χ1n) is 8.06. The molecule has 132 valence electrons. The van der Waals surface area contributed by atoms with Crippen LogP contribution in [-0.4, -0.2) is 19.7 Å². The number of nitriles is 1. The molecule has 0 unspecified atom stereocenters. The second kappa shape index (κ2) is 7.62. The van der Waals surface area contributed by atoms with Crippen molar-refractivity contribution in [2.45, 2.75) is 13.5 Å². The van der Waals surface area contributed by atoms with Gasteiger partial charge in [-0.2, -0.15) is 5.26 Å². The second-order valence-corrected chi connectivity index (χ2v) is 5.39. The minimum Gasteiger partial charge on any atom is -0.493 e. The molecule has 0 radical (unpaired) electrons. The maximum atomic E-state index is 12.2. The first-order chi connectivity index (χ1) is 12.7. The van der Waals surface area contributed by atoms with E-state index in [2.05, 4.69) is 0 Å². The van der Waals surface area contributed by atoms with Crippen LogP contribution < -0.4 is 9.47 Å². The Balaban J connectivity index is 1.95. The predicted molar refractivity (Wildman–Crippen MR) is 94.2 cm³/mol. The Labute approximate surface area is 150 Å². The number of benzene rings is 2. The van der Waals surface area contributed by atoms with E-state index in [1.165, 1.54) is 7.11 Å². The van der Waals surface area contributed by atoms with Gasteiger partial charge in [-0.15, -0.1) is 0 Å². The van der Waals surface area contributed by atoms with Crippen LogP contribution in [-0.2, 0) is 11.3 Å². The number of hydrogen-bond donors (Lipinski definition) is 0. The molecule has 0 fully saturated rings. The summed E-state index contributed by atoms with van der Waals surface area (Å²) in [4.78, 5) is 12.2. The molecule has 0 atom stereocenters. The van der Waals surface area contributed by atoms with E-state index in [9.17, 15) is 4.79 Å². The molecule has 6 nitrogen and oxygen atoms in total. The molecule has 0 aliphatic carbocycles. The molecule has 1 heterocycles. The molecule has 3 rings (SSSR count). The molecule has 0 N–H and O–H groups in total. The number of fused-ring (bicyclic) bond motifs is 1. The number of ether oxygens (including phenoxy) is 3. The first-order valence-corrected chi connectivity index (χ1v) is 8.06. The van der Waals surface area contributed by atoms with Crippen LogP contribution in [0.4, 0.5) is 0 Å². The summed E-state index contributed by atoms with van der Waals surface area (Å²) >= 11 is 0. The fourth-order valence-electron chi connectivity index (χ4n) is 2.61. The molecule has 0 bridgehead atoms. The Morgan fingerprint density at radius 2 is 2.00 bits per heavy atom. The summed E-state index contributed by atoms with van der Waals surface area (Å²) in [5.41, 5.74) is 1.65. The van der Waals surface area contributed by atoms with Gasteiger partial charge >= 0.3 is 5.97 Å². The zero-order chi connectivity index (χ0) is 18.5. The summed E-state index contributed by atoms with van der Waals surface area (Å²) in [6, 6.07) is 14.3.